The quantitative estimate of drug-likeness (QED) is 0.222. The van der Waals surface area contributed by atoms with Gasteiger partial charge in [0.25, 0.3) is 0 Å². The Morgan fingerprint density at radius 1 is 0.976 bits per heavy atom. The summed E-state index contributed by atoms with van der Waals surface area (Å²) in [5.74, 6) is -0.0363. The number of anilines is 2. The molecule has 1 aliphatic heterocycles. The minimum atomic E-state index is -2.54. The number of aryl methyl sites for hydroxylation is 2. The Morgan fingerprint density at radius 2 is 1.62 bits per heavy atom. The first-order valence-corrected chi connectivity index (χ1v) is 14.7. The number of rotatable bonds is 8. The lowest BCUT2D eigenvalue weighted by atomic mass is 9.91. The average molecular weight is 599 g/mol. The fraction of sp³-hybridized carbons (Fsp3) is 0.355. The van der Waals surface area contributed by atoms with Crippen LogP contribution in [-0.4, -0.2) is 35.1 Å². The molecule has 4 rings (SSSR count). The van der Waals surface area contributed by atoms with Gasteiger partial charge in [-0.3, -0.25) is 4.79 Å². The highest BCUT2D eigenvalue weighted by atomic mass is 31.2. The van der Waals surface area contributed by atoms with Crippen molar-refractivity contribution in [1.29, 1.82) is 0 Å². The Morgan fingerprint density at radius 3 is 2.24 bits per heavy atom. The van der Waals surface area contributed by atoms with Gasteiger partial charge >= 0.3 is 14.7 Å². The first-order chi connectivity index (χ1) is 19.8. The van der Waals surface area contributed by atoms with Crippen LogP contribution in [0.3, 0.4) is 0 Å². The summed E-state index contributed by atoms with van der Waals surface area (Å²) in [6, 6.07) is 14.8. The normalized spacial score (nSPS) is 13.0. The molecule has 0 bridgehead atoms. The molecule has 0 radical (unpaired) electrons. The molecule has 9 nitrogen and oxygen atoms in total. The van der Waals surface area contributed by atoms with E-state index in [1.165, 1.54) is 30.3 Å². The molecular formula is C31H36FN2O7P. The van der Waals surface area contributed by atoms with Crippen LogP contribution in [0.25, 0.3) is 0 Å². The van der Waals surface area contributed by atoms with Crippen LogP contribution in [0.1, 0.15) is 49.4 Å². The molecule has 0 atom stereocenters. The smallest absolute Gasteiger partial charge is 0.424 e. The first kappa shape index (κ1) is 31.2. The Bertz CT molecular complexity index is 1420. The molecule has 2 N–H and O–H groups in total. The molecule has 0 aromatic heterocycles. The van der Waals surface area contributed by atoms with Crippen molar-refractivity contribution in [2.75, 3.05) is 23.1 Å². The largest absolute Gasteiger partial charge is 0.457 e. The van der Waals surface area contributed by atoms with Crippen LogP contribution in [0.5, 0.6) is 11.5 Å². The van der Waals surface area contributed by atoms with Gasteiger partial charge in [-0.15, -0.1) is 0 Å². The standard InChI is InChI=1S/C31H36FN2O7P/c1-20-14-25(33-13-12-22-16-24(32)7-6-23(22)18-33)15-21(2)29(20)34(28(35)17-31(3,4)5)30(36)40-19-39-26-8-10-27(11-9-26)41-42(37)38/h6-11,14-16,37-38H,12-13,17-19H2,1-5H3. The number of nitrogens with zero attached hydrogens (tertiary/aromatic N) is 2. The van der Waals surface area contributed by atoms with Gasteiger partial charge in [-0.2, -0.15) is 0 Å². The summed E-state index contributed by atoms with van der Waals surface area (Å²) in [5.41, 5.74) is 4.59. The van der Waals surface area contributed by atoms with Crippen molar-refractivity contribution in [2.24, 2.45) is 5.41 Å². The zero-order valence-electron chi connectivity index (χ0n) is 24.4. The zero-order valence-corrected chi connectivity index (χ0v) is 25.3. The third kappa shape index (κ3) is 7.97. The maximum atomic E-state index is 13.7. The van der Waals surface area contributed by atoms with Crippen molar-refractivity contribution in [3.8, 4) is 11.5 Å². The van der Waals surface area contributed by atoms with Crippen molar-refractivity contribution in [3.05, 3.63) is 82.7 Å². The fourth-order valence-corrected chi connectivity index (χ4v) is 5.27. The molecule has 0 unspecified atom stereocenters. The molecule has 0 fully saturated rings. The molecule has 11 heteroatoms. The van der Waals surface area contributed by atoms with Crippen LogP contribution in [0.2, 0.25) is 0 Å². The van der Waals surface area contributed by atoms with E-state index >= 15 is 0 Å². The highest BCUT2D eigenvalue weighted by molar-refractivity contribution is 7.39. The topological polar surface area (TPSA) is 109 Å². The van der Waals surface area contributed by atoms with Crippen molar-refractivity contribution in [2.45, 2.75) is 54.0 Å². The minimum absolute atomic E-state index is 0.114. The molecule has 0 aliphatic carbocycles. The Balaban J connectivity index is 1.53. The second kappa shape index (κ2) is 13.1. The number of hydrogen-bond acceptors (Lipinski definition) is 8. The Kier molecular flexibility index (Phi) is 9.71. The van der Waals surface area contributed by atoms with Crippen LogP contribution in [0.4, 0.5) is 20.6 Å². The van der Waals surface area contributed by atoms with Gasteiger partial charge in [0.1, 0.15) is 17.3 Å². The lowest BCUT2D eigenvalue weighted by Gasteiger charge is -2.33. The van der Waals surface area contributed by atoms with E-state index in [0.29, 0.717) is 18.0 Å². The number of halogens is 1. The fourth-order valence-electron chi connectivity index (χ4n) is 4.96. The van der Waals surface area contributed by atoms with E-state index in [-0.39, 0.29) is 23.4 Å². The summed E-state index contributed by atoms with van der Waals surface area (Å²) in [4.78, 5) is 48.1. The van der Waals surface area contributed by atoms with Crippen molar-refractivity contribution >= 4 is 32.0 Å². The molecule has 224 valence electrons. The lowest BCUT2D eigenvalue weighted by Crippen LogP contribution is -2.40. The average Bonchev–Trinajstić information content (AvgIpc) is 2.89. The number of amides is 2. The van der Waals surface area contributed by atoms with Crippen LogP contribution in [-0.2, 0) is 22.5 Å². The first-order valence-electron chi connectivity index (χ1n) is 13.5. The summed E-state index contributed by atoms with van der Waals surface area (Å²) in [6.07, 6.45) is -0.0265. The van der Waals surface area contributed by atoms with E-state index in [1.54, 1.807) is 6.07 Å². The van der Waals surface area contributed by atoms with Gasteiger partial charge in [0, 0.05) is 25.2 Å². The molecule has 0 saturated carbocycles. The van der Waals surface area contributed by atoms with Gasteiger partial charge in [-0.1, -0.05) is 26.8 Å². The Hall–Kier alpha value is -3.72. The number of fused-ring (bicyclic) bond motifs is 1. The summed E-state index contributed by atoms with van der Waals surface area (Å²) in [7, 11) is -2.54. The molecule has 0 spiro atoms. The molecule has 42 heavy (non-hydrogen) atoms. The number of ether oxygens (including phenoxy) is 2. The van der Waals surface area contributed by atoms with Crippen molar-refractivity contribution in [3.63, 3.8) is 0 Å². The maximum Gasteiger partial charge on any atom is 0.424 e. The molecular weight excluding hydrogens is 562 g/mol. The second-order valence-electron chi connectivity index (χ2n) is 11.5. The summed E-state index contributed by atoms with van der Waals surface area (Å²) in [6.45, 7) is 10.4. The van der Waals surface area contributed by atoms with E-state index in [1.807, 2.05) is 52.8 Å². The molecule has 3 aromatic carbocycles. The minimum Gasteiger partial charge on any atom is -0.457 e. The number of hydrogen-bond donors (Lipinski definition) is 2. The third-order valence-corrected chi connectivity index (χ3v) is 7.15. The van der Waals surface area contributed by atoms with Gasteiger partial charge < -0.3 is 28.7 Å². The molecule has 2 amide bonds. The summed E-state index contributed by atoms with van der Waals surface area (Å²) >= 11 is 0. The maximum absolute atomic E-state index is 13.7. The van der Waals surface area contributed by atoms with Gasteiger partial charge in [0.05, 0.1) is 5.69 Å². The molecule has 1 heterocycles. The van der Waals surface area contributed by atoms with E-state index in [2.05, 4.69) is 4.90 Å². The highest BCUT2D eigenvalue weighted by Gasteiger charge is 2.31. The summed E-state index contributed by atoms with van der Waals surface area (Å²) < 4.78 is 29.4. The Labute approximate surface area is 246 Å². The van der Waals surface area contributed by atoms with E-state index in [4.69, 9.17) is 23.8 Å². The van der Waals surface area contributed by atoms with Gasteiger partial charge in [0.15, 0.2) is 0 Å². The monoisotopic (exact) mass is 598 g/mol. The van der Waals surface area contributed by atoms with Crippen molar-refractivity contribution < 1.29 is 37.8 Å². The number of imide groups is 1. The SMILES string of the molecule is Cc1cc(N2CCc3cc(F)ccc3C2)cc(C)c1N(C(=O)CC(C)(C)C)C(=O)OCOc1ccc(OP(O)O)cc1. The van der Waals surface area contributed by atoms with E-state index in [9.17, 15) is 14.0 Å². The molecule has 3 aromatic rings. The predicted octanol–water partition coefficient (Wildman–Crippen LogP) is 6.54. The van der Waals surface area contributed by atoms with Crippen LogP contribution in [0, 0.1) is 25.1 Å². The van der Waals surface area contributed by atoms with Crippen LogP contribution in [0.15, 0.2) is 54.6 Å². The van der Waals surface area contributed by atoms with Gasteiger partial charge in [0.2, 0.25) is 12.7 Å². The highest BCUT2D eigenvalue weighted by Crippen LogP contribution is 2.35. The third-order valence-electron chi connectivity index (χ3n) is 6.78. The lowest BCUT2D eigenvalue weighted by molar-refractivity contribution is -0.120. The van der Waals surface area contributed by atoms with Gasteiger partial charge in [-0.25, -0.2) is 14.1 Å². The van der Waals surface area contributed by atoms with E-state index < -0.39 is 27.4 Å². The van der Waals surface area contributed by atoms with E-state index in [0.717, 1.165) is 45.8 Å². The van der Waals surface area contributed by atoms with Crippen LogP contribution >= 0.6 is 8.60 Å². The number of benzene rings is 3. The zero-order chi connectivity index (χ0) is 30.6. The van der Waals surface area contributed by atoms with Crippen molar-refractivity contribution in [1.82, 2.24) is 0 Å². The van der Waals surface area contributed by atoms with Crippen LogP contribution < -0.4 is 19.1 Å². The molecule has 1 aliphatic rings. The summed E-state index contributed by atoms with van der Waals surface area (Å²) in [5, 5.41) is 0. The molecule has 0 saturated heterocycles. The predicted molar refractivity (Wildman–Crippen MR) is 159 cm³/mol. The van der Waals surface area contributed by atoms with Gasteiger partial charge in [-0.05, 0) is 96.5 Å². The second-order valence-corrected chi connectivity index (χ2v) is 12.2. The number of carbonyl (C=O) groups excluding carboxylic acids is 2. The number of carbonyl (C=O) groups is 2.